The molecule has 0 saturated heterocycles. The van der Waals surface area contributed by atoms with Gasteiger partial charge in [-0.3, -0.25) is 9.59 Å². The maximum absolute atomic E-state index is 11.9. The highest BCUT2D eigenvalue weighted by atomic mass is 16.4. The van der Waals surface area contributed by atoms with Gasteiger partial charge in [-0.05, 0) is 31.9 Å². The molecule has 2 unspecified atom stereocenters. The van der Waals surface area contributed by atoms with Crippen LogP contribution in [0.4, 0.5) is 0 Å². The third kappa shape index (κ3) is 2.72. The number of carbonyl (C=O) groups excluding carboxylic acids is 1. The molecule has 1 amide bonds. The Bertz CT molecular complexity index is 452. The van der Waals surface area contributed by atoms with E-state index >= 15 is 0 Å². The van der Waals surface area contributed by atoms with E-state index in [0.29, 0.717) is 18.6 Å². The summed E-state index contributed by atoms with van der Waals surface area (Å²) in [5.74, 6) is -0.753. The number of carboxylic acids is 1. The van der Waals surface area contributed by atoms with Crippen LogP contribution in [0, 0.1) is 12.8 Å². The molecule has 5 nitrogen and oxygen atoms in total. The van der Waals surface area contributed by atoms with Crippen LogP contribution in [0.3, 0.4) is 0 Å². The molecule has 0 bridgehead atoms. The van der Waals surface area contributed by atoms with Crippen LogP contribution in [-0.4, -0.2) is 23.0 Å². The van der Waals surface area contributed by atoms with E-state index in [0.717, 1.165) is 12.8 Å². The number of hydrogen-bond donors (Lipinski definition) is 2. The second kappa shape index (κ2) is 5.25. The molecule has 1 heterocycles. The first-order valence-corrected chi connectivity index (χ1v) is 6.18. The number of aliphatic carboxylic acids is 1. The van der Waals surface area contributed by atoms with Crippen LogP contribution in [0.15, 0.2) is 16.5 Å². The lowest BCUT2D eigenvalue weighted by atomic mass is 9.84. The van der Waals surface area contributed by atoms with Crippen LogP contribution in [0.25, 0.3) is 0 Å². The summed E-state index contributed by atoms with van der Waals surface area (Å²) < 4.78 is 5.22. The van der Waals surface area contributed by atoms with Gasteiger partial charge in [-0.2, -0.15) is 0 Å². The van der Waals surface area contributed by atoms with Crippen LogP contribution in [0.2, 0.25) is 0 Å². The maximum Gasteiger partial charge on any atom is 0.308 e. The third-order valence-electron chi connectivity index (χ3n) is 3.36. The zero-order valence-corrected chi connectivity index (χ0v) is 10.3. The fourth-order valence-electron chi connectivity index (χ4n) is 2.40. The molecular weight excluding hydrogens is 234 g/mol. The number of furan rings is 1. The zero-order chi connectivity index (χ0) is 13.1. The monoisotopic (exact) mass is 251 g/mol. The summed E-state index contributed by atoms with van der Waals surface area (Å²) >= 11 is 0. The lowest BCUT2D eigenvalue weighted by molar-refractivity contribution is -0.143. The molecular formula is C13H17NO4. The highest BCUT2D eigenvalue weighted by molar-refractivity contribution is 5.92. The second-order valence-electron chi connectivity index (χ2n) is 4.72. The van der Waals surface area contributed by atoms with Gasteiger partial charge in [-0.25, -0.2) is 0 Å². The molecule has 0 spiro atoms. The third-order valence-corrected chi connectivity index (χ3v) is 3.36. The summed E-state index contributed by atoms with van der Waals surface area (Å²) in [6.45, 7) is 1.76. The lowest BCUT2D eigenvalue weighted by Gasteiger charge is -2.28. The van der Waals surface area contributed by atoms with Crippen molar-refractivity contribution in [1.82, 2.24) is 5.32 Å². The van der Waals surface area contributed by atoms with Crippen LogP contribution < -0.4 is 5.32 Å². The molecule has 18 heavy (non-hydrogen) atoms. The van der Waals surface area contributed by atoms with Gasteiger partial charge in [-0.15, -0.1) is 0 Å². The average Bonchev–Trinajstić information content (AvgIpc) is 2.76. The minimum absolute atomic E-state index is 0.238. The van der Waals surface area contributed by atoms with Crippen molar-refractivity contribution >= 4 is 11.9 Å². The van der Waals surface area contributed by atoms with Crippen molar-refractivity contribution in [3.63, 3.8) is 0 Å². The van der Waals surface area contributed by atoms with E-state index in [1.165, 1.54) is 0 Å². The summed E-state index contributed by atoms with van der Waals surface area (Å²) in [7, 11) is 0. The molecule has 1 aromatic heterocycles. The molecule has 0 radical (unpaired) electrons. The van der Waals surface area contributed by atoms with Gasteiger partial charge in [0.05, 0.1) is 5.92 Å². The van der Waals surface area contributed by atoms with Crippen molar-refractivity contribution in [3.05, 3.63) is 23.7 Å². The van der Waals surface area contributed by atoms with Gasteiger partial charge < -0.3 is 14.8 Å². The van der Waals surface area contributed by atoms with Crippen molar-refractivity contribution in [2.24, 2.45) is 5.92 Å². The van der Waals surface area contributed by atoms with E-state index in [4.69, 9.17) is 9.52 Å². The molecule has 2 N–H and O–H groups in total. The van der Waals surface area contributed by atoms with Crippen molar-refractivity contribution in [2.75, 3.05) is 0 Å². The van der Waals surface area contributed by atoms with Gasteiger partial charge in [0.2, 0.25) is 0 Å². The van der Waals surface area contributed by atoms with Crippen molar-refractivity contribution < 1.29 is 19.1 Å². The second-order valence-corrected chi connectivity index (χ2v) is 4.72. The molecule has 1 aromatic rings. The van der Waals surface area contributed by atoms with Gasteiger partial charge in [0.1, 0.15) is 5.76 Å². The summed E-state index contributed by atoms with van der Waals surface area (Å²) in [6, 6.07) is 3.02. The first kappa shape index (κ1) is 12.7. The molecule has 2 atom stereocenters. The SMILES string of the molecule is Cc1ccc(C(=O)NC2CCCCC2C(=O)O)o1. The number of carbonyl (C=O) groups is 2. The molecule has 98 valence electrons. The first-order valence-electron chi connectivity index (χ1n) is 6.18. The summed E-state index contributed by atoms with van der Waals surface area (Å²) in [4.78, 5) is 23.0. The molecule has 2 rings (SSSR count). The van der Waals surface area contributed by atoms with E-state index in [1.54, 1.807) is 19.1 Å². The standard InChI is InChI=1S/C13H17NO4/c1-8-6-7-11(18-8)12(15)14-10-5-3-2-4-9(10)13(16)17/h6-7,9-10H,2-5H2,1H3,(H,14,15)(H,16,17). The Labute approximate surface area is 105 Å². The number of aryl methyl sites for hydroxylation is 1. The molecule has 0 aliphatic heterocycles. The Morgan fingerprint density at radius 3 is 2.67 bits per heavy atom. The number of hydrogen-bond acceptors (Lipinski definition) is 3. The minimum atomic E-state index is -0.837. The molecule has 1 saturated carbocycles. The fraction of sp³-hybridized carbons (Fsp3) is 0.538. The highest BCUT2D eigenvalue weighted by Crippen LogP contribution is 2.25. The van der Waals surface area contributed by atoms with Crippen LogP contribution in [0.5, 0.6) is 0 Å². The molecule has 5 heteroatoms. The predicted molar refractivity (Wildman–Crippen MR) is 64.3 cm³/mol. The summed E-state index contributed by atoms with van der Waals surface area (Å²) in [5, 5.41) is 11.9. The maximum atomic E-state index is 11.9. The van der Waals surface area contributed by atoms with Crippen molar-refractivity contribution in [2.45, 2.75) is 38.6 Å². The van der Waals surface area contributed by atoms with Crippen molar-refractivity contribution in [3.8, 4) is 0 Å². The number of rotatable bonds is 3. The molecule has 1 fully saturated rings. The molecule has 0 aromatic carbocycles. The lowest BCUT2D eigenvalue weighted by Crippen LogP contribution is -2.45. The first-order chi connectivity index (χ1) is 8.58. The van der Waals surface area contributed by atoms with Gasteiger partial charge in [0.25, 0.3) is 5.91 Å². The van der Waals surface area contributed by atoms with Crippen LogP contribution in [-0.2, 0) is 4.79 Å². The van der Waals surface area contributed by atoms with E-state index in [2.05, 4.69) is 5.32 Å². The van der Waals surface area contributed by atoms with Gasteiger partial charge in [0.15, 0.2) is 5.76 Å². The molecule has 1 aliphatic carbocycles. The Hall–Kier alpha value is -1.78. The van der Waals surface area contributed by atoms with Gasteiger partial charge >= 0.3 is 5.97 Å². The minimum Gasteiger partial charge on any atom is -0.481 e. The van der Waals surface area contributed by atoms with Gasteiger partial charge in [0, 0.05) is 6.04 Å². The summed E-state index contributed by atoms with van der Waals surface area (Å²) in [5.41, 5.74) is 0. The Kier molecular flexibility index (Phi) is 3.69. The quantitative estimate of drug-likeness (QED) is 0.860. The van der Waals surface area contributed by atoms with Crippen LogP contribution in [0.1, 0.15) is 42.0 Å². The Morgan fingerprint density at radius 1 is 1.33 bits per heavy atom. The smallest absolute Gasteiger partial charge is 0.308 e. The van der Waals surface area contributed by atoms with E-state index in [1.807, 2.05) is 0 Å². The predicted octanol–water partition coefficient (Wildman–Crippen LogP) is 1.96. The number of carboxylic acid groups (broad SMARTS) is 1. The van der Waals surface area contributed by atoms with E-state index in [9.17, 15) is 9.59 Å². The Morgan fingerprint density at radius 2 is 2.06 bits per heavy atom. The van der Waals surface area contributed by atoms with E-state index < -0.39 is 11.9 Å². The van der Waals surface area contributed by atoms with Crippen molar-refractivity contribution in [1.29, 1.82) is 0 Å². The highest BCUT2D eigenvalue weighted by Gasteiger charge is 2.32. The number of nitrogens with one attached hydrogen (secondary N) is 1. The molecule has 1 aliphatic rings. The topological polar surface area (TPSA) is 79.5 Å². The fourth-order valence-corrected chi connectivity index (χ4v) is 2.40. The number of amides is 1. The van der Waals surface area contributed by atoms with Gasteiger partial charge in [-0.1, -0.05) is 12.8 Å². The largest absolute Gasteiger partial charge is 0.481 e. The average molecular weight is 251 g/mol. The summed E-state index contributed by atoms with van der Waals surface area (Å²) in [6.07, 6.45) is 3.19. The van der Waals surface area contributed by atoms with E-state index in [-0.39, 0.29) is 17.7 Å². The normalized spacial score (nSPS) is 23.6. The Balaban J connectivity index is 2.03. The zero-order valence-electron chi connectivity index (χ0n) is 10.3. The van der Waals surface area contributed by atoms with Crippen LogP contribution >= 0.6 is 0 Å².